The SMILES string of the molecule is COC(C)(C)c1ncc(CCN)cn1. The van der Waals surface area contributed by atoms with Gasteiger partial charge < -0.3 is 10.5 Å². The molecule has 0 fully saturated rings. The van der Waals surface area contributed by atoms with Gasteiger partial charge in [-0.25, -0.2) is 9.97 Å². The van der Waals surface area contributed by atoms with Gasteiger partial charge in [0.05, 0.1) is 0 Å². The van der Waals surface area contributed by atoms with Crippen molar-refractivity contribution in [3.8, 4) is 0 Å². The molecule has 0 aliphatic rings. The summed E-state index contributed by atoms with van der Waals surface area (Å²) < 4.78 is 5.27. The Balaban J connectivity index is 2.82. The van der Waals surface area contributed by atoms with Crippen LogP contribution in [0.15, 0.2) is 12.4 Å². The number of methoxy groups -OCH3 is 1. The fourth-order valence-electron chi connectivity index (χ4n) is 1.05. The molecule has 0 bridgehead atoms. The molecule has 1 heterocycles. The minimum atomic E-state index is -0.429. The van der Waals surface area contributed by atoms with Crippen LogP contribution in [0.3, 0.4) is 0 Å². The van der Waals surface area contributed by atoms with Crippen LogP contribution in [0.5, 0.6) is 0 Å². The summed E-state index contributed by atoms with van der Waals surface area (Å²) in [6, 6.07) is 0. The molecule has 1 aromatic heterocycles. The van der Waals surface area contributed by atoms with Crippen molar-refractivity contribution in [3.05, 3.63) is 23.8 Å². The van der Waals surface area contributed by atoms with Gasteiger partial charge in [0.1, 0.15) is 5.60 Å². The van der Waals surface area contributed by atoms with Crippen LogP contribution in [-0.2, 0) is 16.8 Å². The van der Waals surface area contributed by atoms with E-state index in [1.54, 1.807) is 19.5 Å². The van der Waals surface area contributed by atoms with Gasteiger partial charge in [0.15, 0.2) is 5.82 Å². The van der Waals surface area contributed by atoms with E-state index in [-0.39, 0.29) is 0 Å². The van der Waals surface area contributed by atoms with Gasteiger partial charge in [-0.05, 0) is 32.4 Å². The smallest absolute Gasteiger partial charge is 0.159 e. The summed E-state index contributed by atoms with van der Waals surface area (Å²) in [7, 11) is 1.65. The van der Waals surface area contributed by atoms with E-state index in [0.717, 1.165) is 12.0 Å². The summed E-state index contributed by atoms with van der Waals surface area (Å²) in [6.45, 7) is 4.49. The van der Waals surface area contributed by atoms with Gasteiger partial charge in [0.25, 0.3) is 0 Å². The monoisotopic (exact) mass is 195 g/mol. The van der Waals surface area contributed by atoms with E-state index in [1.807, 2.05) is 13.8 Å². The quantitative estimate of drug-likeness (QED) is 0.774. The Bertz CT molecular complexity index is 282. The Hall–Kier alpha value is -1.00. The average Bonchev–Trinajstić information content (AvgIpc) is 2.19. The van der Waals surface area contributed by atoms with Crippen molar-refractivity contribution in [3.63, 3.8) is 0 Å². The van der Waals surface area contributed by atoms with Crippen LogP contribution in [0.2, 0.25) is 0 Å². The summed E-state index contributed by atoms with van der Waals surface area (Å²) in [4.78, 5) is 8.50. The highest BCUT2D eigenvalue weighted by Crippen LogP contribution is 2.18. The predicted octanol–water partition coefficient (Wildman–Crippen LogP) is 0.859. The van der Waals surface area contributed by atoms with Crippen LogP contribution in [0.1, 0.15) is 25.2 Å². The van der Waals surface area contributed by atoms with Crippen molar-refractivity contribution in [2.45, 2.75) is 25.9 Å². The Kier molecular flexibility index (Phi) is 3.55. The predicted molar refractivity (Wildman–Crippen MR) is 54.8 cm³/mol. The summed E-state index contributed by atoms with van der Waals surface area (Å²) in [5.41, 5.74) is 6.06. The first kappa shape index (κ1) is 11.1. The largest absolute Gasteiger partial charge is 0.371 e. The maximum absolute atomic E-state index is 5.43. The van der Waals surface area contributed by atoms with Crippen LogP contribution in [0.4, 0.5) is 0 Å². The Morgan fingerprint density at radius 3 is 2.36 bits per heavy atom. The molecular weight excluding hydrogens is 178 g/mol. The third-order valence-electron chi connectivity index (χ3n) is 2.19. The Morgan fingerprint density at radius 2 is 1.93 bits per heavy atom. The fraction of sp³-hybridized carbons (Fsp3) is 0.600. The zero-order valence-corrected chi connectivity index (χ0v) is 8.95. The van der Waals surface area contributed by atoms with E-state index in [0.29, 0.717) is 12.4 Å². The minimum absolute atomic E-state index is 0.429. The van der Waals surface area contributed by atoms with E-state index >= 15 is 0 Å². The molecular formula is C10H17N3O. The van der Waals surface area contributed by atoms with E-state index in [2.05, 4.69) is 9.97 Å². The molecule has 14 heavy (non-hydrogen) atoms. The van der Waals surface area contributed by atoms with E-state index in [1.165, 1.54) is 0 Å². The molecule has 0 aliphatic heterocycles. The molecule has 0 radical (unpaired) electrons. The van der Waals surface area contributed by atoms with Gasteiger partial charge in [0, 0.05) is 19.5 Å². The molecule has 0 saturated heterocycles. The lowest BCUT2D eigenvalue weighted by atomic mass is 10.1. The number of hydrogen-bond acceptors (Lipinski definition) is 4. The van der Waals surface area contributed by atoms with E-state index in [9.17, 15) is 0 Å². The van der Waals surface area contributed by atoms with Crippen LogP contribution < -0.4 is 5.73 Å². The van der Waals surface area contributed by atoms with Crippen LogP contribution in [-0.4, -0.2) is 23.6 Å². The second-order valence-corrected chi connectivity index (χ2v) is 3.67. The standard InChI is InChI=1S/C10H17N3O/c1-10(2,14-3)9-12-6-8(4-5-11)7-13-9/h6-7H,4-5,11H2,1-3H3. The molecule has 2 N–H and O–H groups in total. The summed E-state index contributed by atoms with van der Waals surface area (Å²) in [5, 5.41) is 0. The van der Waals surface area contributed by atoms with Crippen LogP contribution >= 0.6 is 0 Å². The number of ether oxygens (including phenoxy) is 1. The van der Waals surface area contributed by atoms with Crippen molar-refractivity contribution in [2.75, 3.05) is 13.7 Å². The lowest BCUT2D eigenvalue weighted by molar-refractivity contribution is 0.0114. The van der Waals surface area contributed by atoms with Gasteiger partial charge in [0.2, 0.25) is 0 Å². The van der Waals surface area contributed by atoms with E-state index < -0.39 is 5.60 Å². The topological polar surface area (TPSA) is 61.0 Å². The van der Waals surface area contributed by atoms with Crippen LogP contribution in [0, 0.1) is 0 Å². The highest BCUT2D eigenvalue weighted by Gasteiger charge is 2.22. The molecule has 0 atom stereocenters. The van der Waals surface area contributed by atoms with Gasteiger partial charge >= 0.3 is 0 Å². The van der Waals surface area contributed by atoms with E-state index in [4.69, 9.17) is 10.5 Å². The second-order valence-electron chi connectivity index (χ2n) is 3.67. The Labute approximate surface area is 84.5 Å². The molecule has 4 nitrogen and oxygen atoms in total. The molecule has 0 amide bonds. The maximum atomic E-state index is 5.43. The molecule has 0 spiro atoms. The molecule has 1 aromatic rings. The molecule has 0 aromatic carbocycles. The first-order chi connectivity index (χ1) is 6.60. The number of nitrogens with two attached hydrogens (primary N) is 1. The van der Waals surface area contributed by atoms with Crippen molar-refractivity contribution < 1.29 is 4.74 Å². The van der Waals surface area contributed by atoms with Crippen molar-refractivity contribution in [2.24, 2.45) is 5.73 Å². The van der Waals surface area contributed by atoms with Crippen molar-refractivity contribution in [1.29, 1.82) is 0 Å². The Morgan fingerprint density at radius 1 is 1.36 bits per heavy atom. The second kappa shape index (κ2) is 4.48. The normalized spacial score (nSPS) is 11.7. The molecule has 0 saturated carbocycles. The van der Waals surface area contributed by atoms with Gasteiger partial charge in [-0.15, -0.1) is 0 Å². The van der Waals surface area contributed by atoms with Crippen LogP contribution in [0.25, 0.3) is 0 Å². The number of hydrogen-bond donors (Lipinski definition) is 1. The summed E-state index contributed by atoms with van der Waals surface area (Å²) in [6.07, 6.45) is 4.42. The van der Waals surface area contributed by atoms with Gasteiger partial charge in [-0.2, -0.15) is 0 Å². The lowest BCUT2D eigenvalue weighted by Crippen LogP contribution is -2.23. The van der Waals surface area contributed by atoms with Crippen molar-refractivity contribution in [1.82, 2.24) is 9.97 Å². The number of aromatic nitrogens is 2. The lowest BCUT2D eigenvalue weighted by Gasteiger charge is -2.20. The highest BCUT2D eigenvalue weighted by atomic mass is 16.5. The van der Waals surface area contributed by atoms with Gasteiger partial charge in [-0.3, -0.25) is 0 Å². The molecule has 4 heteroatoms. The summed E-state index contributed by atoms with van der Waals surface area (Å²) >= 11 is 0. The molecule has 78 valence electrons. The average molecular weight is 195 g/mol. The summed E-state index contributed by atoms with van der Waals surface area (Å²) in [5.74, 6) is 0.695. The third-order valence-corrected chi connectivity index (χ3v) is 2.19. The zero-order chi connectivity index (χ0) is 10.6. The highest BCUT2D eigenvalue weighted by molar-refractivity contribution is 5.08. The molecule has 0 unspecified atom stereocenters. The molecule has 1 rings (SSSR count). The zero-order valence-electron chi connectivity index (χ0n) is 8.95. The minimum Gasteiger partial charge on any atom is -0.371 e. The maximum Gasteiger partial charge on any atom is 0.159 e. The van der Waals surface area contributed by atoms with Gasteiger partial charge in [-0.1, -0.05) is 0 Å². The fourth-order valence-corrected chi connectivity index (χ4v) is 1.05. The first-order valence-electron chi connectivity index (χ1n) is 4.67. The molecule has 0 aliphatic carbocycles. The van der Waals surface area contributed by atoms with Crippen molar-refractivity contribution >= 4 is 0 Å². The first-order valence-corrected chi connectivity index (χ1v) is 4.67. The number of nitrogens with zero attached hydrogens (tertiary/aromatic N) is 2. The number of rotatable bonds is 4. The third kappa shape index (κ3) is 2.49.